The van der Waals surface area contributed by atoms with Gasteiger partial charge in [0, 0.05) is 16.9 Å². The average molecular weight is 584 g/mol. The Kier molecular flexibility index (Phi) is 17.7. The molecule has 0 unspecified atom stereocenters. The maximum atomic E-state index is 5.09. The summed E-state index contributed by atoms with van der Waals surface area (Å²) in [6, 6.07) is 14.2. The van der Waals surface area contributed by atoms with Crippen LogP contribution < -0.4 is 0 Å². The SMILES string of the molecule is CC(C)c1ccco1.CC(C)c1cccs1.CC(C)c1ccoc1.CC(C)c1ccon1.CC(C)c1ccsc1. The molecular formula is C34H49NO3S2. The second-order valence-electron chi connectivity index (χ2n) is 10.8. The summed E-state index contributed by atoms with van der Waals surface area (Å²) in [7, 11) is 0. The molecule has 0 bridgehead atoms. The fraction of sp³-hybridized carbons (Fsp3) is 0.441. The van der Waals surface area contributed by atoms with Crippen LogP contribution in [0.4, 0.5) is 0 Å². The van der Waals surface area contributed by atoms with Crippen LogP contribution in [-0.2, 0) is 0 Å². The number of thiophene rings is 2. The van der Waals surface area contributed by atoms with Gasteiger partial charge in [-0.3, -0.25) is 0 Å². The highest BCUT2D eigenvalue weighted by atomic mass is 32.1. The Morgan fingerprint density at radius 3 is 1.60 bits per heavy atom. The molecule has 0 saturated carbocycles. The Hall–Kier alpha value is -2.83. The van der Waals surface area contributed by atoms with Gasteiger partial charge in [-0.2, -0.15) is 11.3 Å². The first-order valence-electron chi connectivity index (χ1n) is 14.0. The van der Waals surface area contributed by atoms with E-state index in [2.05, 4.69) is 113 Å². The molecule has 0 aliphatic heterocycles. The van der Waals surface area contributed by atoms with Gasteiger partial charge < -0.3 is 13.4 Å². The third kappa shape index (κ3) is 15.1. The quantitative estimate of drug-likeness (QED) is 0.206. The summed E-state index contributed by atoms with van der Waals surface area (Å²) >= 11 is 3.60. The normalized spacial score (nSPS) is 10.4. The van der Waals surface area contributed by atoms with Crippen molar-refractivity contribution in [1.29, 1.82) is 0 Å². The molecule has 6 heteroatoms. The Morgan fingerprint density at radius 1 is 0.625 bits per heavy atom. The Bertz CT molecular complexity index is 931. The third-order valence-electron chi connectivity index (χ3n) is 5.69. The van der Waals surface area contributed by atoms with Crippen LogP contribution in [0.2, 0.25) is 0 Å². The van der Waals surface area contributed by atoms with Gasteiger partial charge in [0.2, 0.25) is 0 Å². The van der Waals surface area contributed by atoms with Crippen molar-refractivity contribution in [2.24, 2.45) is 0 Å². The highest BCUT2D eigenvalue weighted by Gasteiger charge is 2.00. The number of aromatic nitrogens is 1. The van der Waals surface area contributed by atoms with E-state index in [1.165, 1.54) is 16.0 Å². The molecule has 0 aliphatic carbocycles. The molecule has 0 amide bonds. The zero-order valence-electron chi connectivity index (χ0n) is 26.0. The summed E-state index contributed by atoms with van der Waals surface area (Å²) in [6.45, 7) is 21.5. The molecule has 0 spiro atoms. The van der Waals surface area contributed by atoms with E-state index in [1.807, 2.05) is 35.6 Å². The van der Waals surface area contributed by atoms with Crippen LogP contribution in [0.1, 0.15) is 126 Å². The maximum absolute atomic E-state index is 5.09. The zero-order valence-corrected chi connectivity index (χ0v) is 27.6. The molecule has 0 atom stereocenters. The van der Waals surface area contributed by atoms with Crippen LogP contribution in [0.15, 0.2) is 97.0 Å². The van der Waals surface area contributed by atoms with Crippen LogP contribution in [0, 0.1) is 0 Å². The molecule has 5 rings (SSSR count). The molecule has 0 aliphatic rings. The van der Waals surface area contributed by atoms with Crippen LogP contribution in [0.5, 0.6) is 0 Å². The van der Waals surface area contributed by atoms with Gasteiger partial charge in [-0.25, -0.2) is 0 Å². The third-order valence-corrected chi connectivity index (χ3v) is 7.57. The van der Waals surface area contributed by atoms with Gasteiger partial charge in [0.05, 0.1) is 24.5 Å². The van der Waals surface area contributed by atoms with Crippen molar-refractivity contribution in [3.05, 3.63) is 111 Å². The van der Waals surface area contributed by atoms with Crippen molar-refractivity contribution >= 4 is 22.7 Å². The van der Waals surface area contributed by atoms with Gasteiger partial charge in [-0.05, 0) is 81.3 Å². The van der Waals surface area contributed by atoms with Crippen molar-refractivity contribution in [2.45, 2.75) is 98.8 Å². The largest absolute Gasteiger partial charge is 0.472 e. The molecule has 5 aromatic heterocycles. The van der Waals surface area contributed by atoms with Crippen LogP contribution in [0.25, 0.3) is 0 Å². The molecule has 40 heavy (non-hydrogen) atoms. The van der Waals surface area contributed by atoms with Crippen molar-refractivity contribution in [3.8, 4) is 0 Å². The Balaban J connectivity index is 0.000000250. The maximum Gasteiger partial charge on any atom is 0.124 e. The summed E-state index contributed by atoms with van der Waals surface area (Å²) in [5, 5.41) is 10.2. The van der Waals surface area contributed by atoms with E-state index < -0.39 is 0 Å². The lowest BCUT2D eigenvalue weighted by Crippen LogP contribution is -1.83. The number of furan rings is 2. The average Bonchev–Trinajstić information content (AvgIpc) is 3.74. The highest BCUT2D eigenvalue weighted by molar-refractivity contribution is 7.10. The Morgan fingerprint density at radius 2 is 1.35 bits per heavy atom. The molecule has 5 aromatic rings. The second-order valence-corrected chi connectivity index (χ2v) is 12.6. The van der Waals surface area contributed by atoms with Crippen LogP contribution in [0.3, 0.4) is 0 Å². The van der Waals surface area contributed by atoms with Gasteiger partial charge in [0.15, 0.2) is 0 Å². The molecule has 220 valence electrons. The van der Waals surface area contributed by atoms with E-state index in [0.717, 1.165) is 11.5 Å². The van der Waals surface area contributed by atoms with Gasteiger partial charge in [-0.15, -0.1) is 11.3 Å². The molecule has 0 saturated heterocycles. The zero-order chi connectivity index (χ0) is 29.9. The van der Waals surface area contributed by atoms with E-state index >= 15 is 0 Å². The lowest BCUT2D eigenvalue weighted by Gasteiger charge is -1.96. The van der Waals surface area contributed by atoms with Crippen molar-refractivity contribution in [1.82, 2.24) is 5.16 Å². The van der Waals surface area contributed by atoms with Crippen molar-refractivity contribution in [3.63, 3.8) is 0 Å². The summed E-state index contributed by atoms with van der Waals surface area (Å²) < 4.78 is 14.6. The summed E-state index contributed by atoms with van der Waals surface area (Å²) in [5.74, 6) is 4.05. The molecule has 0 N–H and O–H groups in total. The van der Waals surface area contributed by atoms with E-state index in [0.29, 0.717) is 29.6 Å². The fourth-order valence-electron chi connectivity index (χ4n) is 2.97. The standard InChI is InChI=1S/2C7H10O.2C7H10S.C6H9NO/c1-6(2)7-3-4-8-5-7;1-6(2)7-4-3-5-8-7;1-6(2)7-3-4-8-5-7;1-6(2)7-4-3-5-8-7;1-5(2)6-3-4-8-7-6/h4*3-6H,1-2H3;3-5H,1-2H3. The minimum atomic E-state index is 0.480. The predicted molar refractivity (Wildman–Crippen MR) is 173 cm³/mol. The number of rotatable bonds is 5. The summed E-state index contributed by atoms with van der Waals surface area (Å²) in [4.78, 5) is 1.48. The first-order valence-corrected chi connectivity index (χ1v) is 15.9. The van der Waals surface area contributed by atoms with Gasteiger partial charge in [0.25, 0.3) is 0 Å². The predicted octanol–water partition coefficient (Wildman–Crippen LogP) is 12.3. The number of hydrogen-bond donors (Lipinski definition) is 0. The van der Waals surface area contributed by atoms with Crippen molar-refractivity contribution < 1.29 is 13.4 Å². The van der Waals surface area contributed by atoms with Crippen LogP contribution >= 0.6 is 22.7 Å². The van der Waals surface area contributed by atoms with E-state index in [-0.39, 0.29) is 0 Å². The first kappa shape index (κ1) is 35.2. The molecule has 4 nitrogen and oxygen atoms in total. The lowest BCUT2D eigenvalue weighted by molar-refractivity contribution is 0.408. The highest BCUT2D eigenvalue weighted by Crippen LogP contribution is 2.19. The number of nitrogens with zero attached hydrogens (tertiary/aromatic N) is 1. The molecule has 0 aromatic carbocycles. The fourth-order valence-corrected chi connectivity index (χ4v) is 4.53. The van der Waals surface area contributed by atoms with Gasteiger partial charge >= 0.3 is 0 Å². The molecule has 0 radical (unpaired) electrons. The van der Waals surface area contributed by atoms with Crippen molar-refractivity contribution in [2.75, 3.05) is 0 Å². The lowest BCUT2D eigenvalue weighted by atomic mass is 10.1. The van der Waals surface area contributed by atoms with Gasteiger partial charge in [-0.1, -0.05) is 80.5 Å². The smallest absolute Gasteiger partial charge is 0.124 e. The topological polar surface area (TPSA) is 52.3 Å². The summed E-state index contributed by atoms with van der Waals surface area (Å²) in [5.41, 5.74) is 3.74. The minimum absolute atomic E-state index is 0.480. The van der Waals surface area contributed by atoms with E-state index in [1.54, 1.807) is 36.4 Å². The van der Waals surface area contributed by atoms with Gasteiger partial charge in [0.1, 0.15) is 12.0 Å². The van der Waals surface area contributed by atoms with E-state index in [9.17, 15) is 0 Å². The first-order chi connectivity index (χ1) is 19.0. The Labute approximate surface area is 250 Å². The molecule has 5 heterocycles. The van der Waals surface area contributed by atoms with Crippen LogP contribution in [-0.4, -0.2) is 5.16 Å². The number of hydrogen-bond acceptors (Lipinski definition) is 6. The second kappa shape index (κ2) is 20.1. The van der Waals surface area contributed by atoms with E-state index in [4.69, 9.17) is 8.83 Å². The molecule has 0 fully saturated rings. The minimum Gasteiger partial charge on any atom is -0.472 e. The molecular weight excluding hydrogens is 535 g/mol. The summed E-state index contributed by atoms with van der Waals surface area (Å²) in [6.07, 6.45) is 6.78. The monoisotopic (exact) mass is 583 g/mol.